The topological polar surface area (TPSA) is 20.3 Å². The second-order valence-corrected chi connectivity index (χ2v) is 7.64. The van der Waals surface area contributed by atoms with E-state index in [1.54, 1.807) is 0 Å². The van der Waals surface area contributed by atoms with Crippen LogP contribution in [-0.4, -0.2) is 23.8 Å². The first-order valence-corrected chi connectivity index (χ1v) is 7.05. The van der Waals surface area contributed by atoms with Gasteiger partial charge in [-0.05, 0) is 17.8 Å². The van der Waals surface area contributed by atoms with Crippen molar-refractivity contribution in [2.24, 2.45) is 16.7 Å². The van der Waals surface area contributed by atoms with E-state index in [9.17, 15) is 4.79 Å². The van der Waals surface area contributed by atoms with Crippen molar-refractivity contribution in [2.45, 2.75) is 54.9 Å². The Labute approximate surface area is 112 Å². The molecule has 1 aliphatic rings. The fraction of sp³-hybridized carbons (Fsp3) is 0.812. The minimum atomic E-state index is -0.288. The maximum Gasteiger partial charge on any atom is 0.166 e. The first-order valence-electron chi connectivity index (χ1n) is 7.05. The number of ketones is 1. The smallest absolute Gasteiger partial charge is 0.166 e. The number of nitrogens with zero attached hydrogens (tertiary/aromatic N) is 1. The van der Waals surface area contributed by atoms with Gasteiger partial charge in [0.05, 0.1) is 0 Å². The molecule has 0 saturated heterocycles. The number of hydrogen-bond donors (Lipinski definition) is 0. The zero-order chi connectivity index (χ0) is 14.1. The second-order valence-electron chi connectivity index (χ2n) is 7.64. The zero-order valence-electron chi connectivity index (χ0n) is 13.1. The van der Waals surface area contributed by atoms with Crippen molar-refractivity contribution < 1.29 is 4.79 Å². The summed E-state index contributed by atoms with van der Waals surface area (Å²) in [4.78, 5) is 14.9. The van der Waals surface area contributed by atoms with Crippen molar-refractivity contribution in [3.05, 3.63) is 11.8 Å². The van der Waals surface area contributed by atoms with Crippen molar-refractivity contribution in [1.29, 1.82) is 0 Å². The Morgan fingerprint density at radius 1 is 1.39 bits per heavy atom. The van der Waals surface area contributed by atoms with Gasteiger partial charge >= 0.3 is 0 Å². The van der Waals surface area contributed by atoms with E-state index in [4.69, 9.17) is 0 Å². The van der Waals surface area contributed by atoms with Gasteiger partial charge in [-0.25, -0.2) is 0 Å². The highest BCUT2D eigenvalue weighted by molar-refractivity contribution is 6.00. The first kappa shape index (κ1) is 15.3. The van der Waals surface area contributed by atoms with E-state index in [1.807, 2.05) is 20.8 Å². The molecule has 0 N–H and O–H groups in total. The van der Waals surface area contributed by atoms with E-state index in [1.165, 1.54) is 0 Å². The van der Waals surface area contributed by atoms with Crippen molar-refractivity contribution in [3.8, 4) is 0 Å². The number of allylic oxidation sites excluding steroid dienone is 1. The summed E-state index contributed by atoms with van der Waals surface area (Å²) in [5.41, 5.74) is 0.726. The molecule has 2 nitrogen and oxygen atoms in total. The molecule has 0 saturated carbocycles. The Hall–Kier alpha value is -0.790. The summed E-state index contributed by atoms with van der Waals surface area (Å²) in [5, 5.41) is 0. The molecule has 0 amide bonds. The molecule has 0 spiro atoms. The Balaban J connectivity index is 3.01. The summed E-state index contributed by atoms with van der Waals surface area (Å²) in [6.45, 7) is 16.9. The minimum absolute atomic E-state index is 0.0117. The fourth-order valence-corrected chi connectivity index (χ4v) is 2.36. The predicted molar refractivity (Wildman–Crippen MR) is 77.4 cm³/mol. The van der Waals surface area contributed by atoms with Gasteiger partial charge in [0.2, 0.25) is 0 Å². The molecule has 0 fully saturated rings. The van der Waals surface area contributed by atoms with Crippen LogP contribution in [0.25, 0.3) is 0 Å². The summed E-state index contributed by atoms with van der Waals surface area (Å²) in [7, 11) is 0. The van der Waals surface area contributed by atoms with Gasteiger partial charge in [-0.15, -0.1) is 0 Å². The number of hydrogen-bond acceptors (Lipinski definition) is 2. The van der Waals surface area contributed by atoms with E-state index >= 15 is 0 Å². The van der Waals surface area contributed by atoms with Gasteiger partial charge in [0.15, 0.2) is 5.78 Å². The quantitative estimate of drug-likeness (QED) is 0.759. The van der Waals surface area contributed by atoms with E-state index in [0.29, 0.717) is 11.7 Å². The third-order valence-electron chi connectivity index (χ3n) is 3.59. The molecule has 0 aromatic carbocycles. The molecule has 1 heterocycles. The van der Waals surface area contributed by atoms with Crippen molar-refractivity contribution >= 4 is 5.78 Å². The summed E-state index contributed by atoms with van der Waals surface area (Å²) in [6, 6.07) is 0. The molecule has 18 heavy (non-hydrogen) atoms. The van der Waals surface area contributed by atoms with Crippen LogP contribution in [0.1, 0.15) is 54.9 Å². The van der Waals surface area contributed by atoms with Crippen molar-refractivity contribution in [1.82, 2.24) is 4.90 Å². The summed E-state index contributed by atoms with van der Waals surface area (Å²) in [5.74, 6) is 0.925. The van der Waals surface area contributed by atoms with Crippen LogP contribution in [0.15, 0.2) is 11.8 Å². The van der Waals surface area contributed by atoms with Crippen LogP contribution in [0.2, 0.25) is 0 Å². The normalized spacial score (nSPS) is 20.0. The van der Waals surface area contributed by atoms with Crippen LogP contribution in [-0.2, 0) is 4.79 Å². The van der Waals surface area contributed by atoms with Gasteiger partial charge in [-0.2, -0.15) is 0 Å². The average molecular weight is 251 g/mol. The van der Waals surface area contributed by atoms with Crippen LogP contribution in [0.3, 0.4) is 0 Å². The number of Topliss-reactive ketones (excluding diaryl/α,β-unsaturated/α-hetero) is 1. The predicted octanol–water partition coefficient (Wildman–Crippen LogP) is 3.87. The zero-order valence-corrected chi connectivity index (χ0v) is 13.1. The Morgan fingerprint density at radius 2 is 1.94 bits per heavy atom. The van der Waals surface area contributed by atoms with E-state index in [2.05, 4.69) is 38.8 Å². The summed E-state index contributed by atoms with van der Waals surface area (Å²) in [6.07, 6.45) is 3.18. The van der Waals surface area contributed by atoms with E-state index < -0.39 is 0 Å². The highest BCUT2D eigenvalue weighted by Gasteiger charge is 2.37. The molecule has 0 aromatic heterocycles. The van der Waals surface area contributed by atoms with Gasteiger partial charge in [0.1, 0.15) is 0 Å². The Bertz CT molecular complexity index is 345. The monoisotopic (exact) mass is 251 g/mol. The van der Waals surface area contributed by atoms with Crippen molar-refractivity contribution in [3.63, 3.8) is 0 Å². The Kier molecular flexibility index (Phi) is 4.30. The third-order valence-corrected chi connectivity index (χ3v) is 3.59. The summed E-state index contributed by atoms with van der Waals surface area (Å²) >= 11 is 0. The highest BCUT2D eigenvalue weighted by Crippen LogP contribution is 2.38. The molecule has 0 aliphatic carbocycles. The molecule has 1 rings (SSSR count). The number of carbonyl (C=O) groups excluding carboxylic acids is 1. The minimum Gasteiger partial charge on any atom is -0.377 e. The van der Waals surface area contributed by atoms with E-state index in [0.717, 1.165) is 25.1 Å². The SMILES string of the molecule is CC(C)CN1C=C(C(=O)C(C)(C)C)C(C)(C)CC1. The third kappa shape index (κ3) is 3.60. The lowest BCUT2D eigenvalue weighted by Crippen LogP contribution is -2.39. The molecular formula is C16H29NO. The van der Waals surface area contributed by atoms with Crippen LogP contribution in [0, 0.1) is 16.7 Å². The molecule has 104 valence electrons. The average Bonchev–Trinajstić information content (AvgIpc) is 2.17. The lowest BCUT2D eigenvalue weighted by molar-refractivity contribution is -0.123. The lowest BCUT2D eigenvalue weighted by atomic mass is 9.72. The molecule has 0 radical (unpaired) electrons. The molecule has 2 heteroatoms. The van der Waals surface area contributed by atoms with E-state index in [-0.39, 0.29) is 10.8 Å². The largest absolute Gasteiger partial charge is 0.377 e. The molecule has 0 unspecified atom stereocenters. The maximum atomic E-state index is 12.6. The molecule has 1 aliphatic heterocycles. The number of rotatable bonds is 3. The second kappa shape index (κ2) is 5.07. The summed E-state index contributed by atoms with van der Waals surface area (Å²) < 4.78 is 0. The van der Waals surface area contributed by atoms with Gasteiger partial charge in [-0.3, -0.25) is 4.79 Å². The van der Waals surface area contributed by atoms with Crippen LogP contribution in [0.5, 0.6) is 0 Å². The van der Waals surface area contributed by atoms with Gasteiger partial charge in [-0.1, -0.05) is 48.5 Å². The number of carbonyl (C=O) groups is 1. The molecular weight excluding hydrogens is 222 g/mol. The molecule has 0 atom stereocenters. The lowest BCUT2D eigenvalue weighted by Gasteiger charge is -2.39. The Morgan fingerprint density at radius 3 is 2.39 bits per heavy atom. The highest BCUT2D eigenvalue weighted by atomic mass is 16.1. The van der Waals surface area contributed by atoms with Crippen molar-refractivity contribution in [2.75, 3.05) is 13.1 Å². The van der Waals surface area contributed by atoms with Crippen LogP contribution < -0.4 is 0 Å². The molecule has 0 bridgehead atoms. The fourth-order valence-electron chi connectivity index (χ4n) is 2.36. The maximum absolute atomic E-state index is 12.6. The van der Waals surface area contributed by atoms with Gasteiger partial charge < -0.3 is 4.90 Å². The van der Waals surface area contributed by atoms with Crippen LogP contribution in [0.4, 0.5) is 0 Å². The standard InChI is InChI=1S/C16H29NO/c1-12(2)10-17-9-8-16(6,7)13(11-17)14(18)15(3,4)5/h11-12H,8-10H2,1-7H3. The van der Waals surface area contributed by atoms with Crippen LogP contribution >= 0.6 is 0 Å². The first-order chi connectivity index (χ1) is 8.04. The van der Waals surface area contributed by atoms with Gasteiger partial charge in [0.25, 0.3) is 0 Å². The van der Waals surface area contributed by atoms with Gasteiger partial charge in [0, 0.05) is 30.3 Å². The molecule has 0 aromatic rings.